The molecule has 0 fully saturated rings. The van der Waals surface area contributed by atoms with E-state index in [1.165, 1.54) is 29.6 Å². The third-order valence-electron chi connectivity index (χ3n) is 4.09. The Kier molecular flexibility index (Phi) is 3.92. The van der Waals surface area contributed by atoms with Gasteiger partial charge in [-0.15, -0.1) is 0 Å². The molecule has 0 N–H and O–H groups in total. The van der Waals surface area contributed by atoms with Crippen LogP contribution in [0, 0.1) is 17.0 Å². The highest BCUT2D eigenvalue weighted by atomic mass is 32.2. The van der Waals surface area contributed by atoms with Crippen molar-refractivity contribution in [2.45, 2.75) is 18.2 Å². The predicted octanol–water partition coefficient (Wildman–Crippen LogP) is 2.66. The van der Waals surface area contributed by atoms with E-state index in [4.69, 9.17) is 4.74 Å². The van der Waals surface area contributed by atoms with Gasteiger partial charge in [0, 0.05) is 18.7 Å². The van der Waals surface area contributed by atoms with Crippen LogP contribution in [0.25, 0.3) is 0 Å². The number of hydrogen-bond acceptors (Lipinski definition) is 5. The van der Waals surface area contributed by atoms with Crippen LogP contribution < -0.4 is 9.04 Å². The Hall–Kier alpha value is -2.61. The monoisotopic (exact) mass is 348 g/mol. The molecule has 126 valence electrons. The molecule has 1 aliphatic rings. The highest BCUT2D eigenvalue weighted by molar-refractivity contribution is 7.92. The zero-order chi connectivity index (χ0) is 17.5. The minimum absolute atomic E-state index is 0.123. The van der Waals surface area contributed by atoms with Crippen molar-refractivity contribution in [1.82, 2.24) is 0 Å². The minimum Gasteiger partial charge on any atom is -0.496 e. The summed E-state index contributed by atoms with van der Waals surface area (Å²) in [5.41, 5.74) is 1.74. The Morgan fingerprint density at radius 3 is 2.58 bits per heavy atom. The number of fused-ring (bicyclic) bond motifs is 1. The average Bonchev–Trinajstić information content (AvgIpc) is 2.98. The fraction of sp³-hybridized carbons (Fsp3) is 0.250. The van der Waals surface area contributed by atoms with E-state index in [-0.39, 0.29) is 17.1 Å². The van der Waals surface area contributed by atoms with Gasteiger partial charge in [0.05, 0.1) is 22.6 Å². The maximum atomic E-state index is 12.9. The number of methoxy groups -OCH3 is 1. The molecule has 0 radical (unpaired) electrons. The molecule has 0 saturated heterocycles. The first kappa shape index (κ1) is 16.3. The minimum atomic E-state index is -3.79. The number of nitrogens with zero attached hydrogens (tertiary/aromatic N) is 2. The first-order valence-electron chi connectivity index (χ1n) is 7.29. The number of non-ortho nitro benzene ring substituents is 1. The second-order valence-corrected chi connectivity index (χ2v) is 7.39. The van der Waals surface area contributed by atoms with Crippen molar-refractivity contribution in [3.63, 3.8) is 0 Å². The molecule has 0 spiro atoms. The number of rotatable bonds is 4. The molecule has 0 saturated carbocycles. The first-order valence-corrected chi connectivity index (χ1v) is 8.73. The molecule has 0 aromatic heterocycles. The number of aryl methyl sites for hydroxylation is 1. The van der Waals surface area contributed by atoms with Gasteiger partial charge in [0.25, 0.3) is 15.7 Å². The van der Waals surface area contributed by atoms with Crippen LogP contribution in [0.15, 0.2) is 41.3 Å². The van der Waals surface area contributed by atoms with Gasteiger partial charge >= 0.3 is 0 Å². The second-order valence-electron chi connectivity index (χ2n) is 5.53. The number of anilines is 1. The molecule has 0 atom stereocenters. The standard InChI is InChI=1S/C16H16N2O5S/c1-11-9-14(5-6-16(11)23-2)24(21,22)17-8-7-12-3-4-13(18(19)20)10-15(12)17/h3-6,9-10H,7-8H2,1-2H3. The van der Waals surface area contributed by atoms with Crippen molar-refractivity contribution in [3.8, 4) is 5.75 Å². The van der Waals surface area contributed by atoms with Gasteiger partial charge in [-0.25, -0.2) is 8.42 Å². The van der Waals surface area contributed by atoms with Gasteiger partial charge in [-0.3, -0.25) is 14.4 Å². The van der Waals surface area contributed by atoms with Crippen LogP contribution in [0.1, 0.15) is 11.1 Å². The quantitative estimate of drug-likeness (QED) is 0.626. The summed E-state index contributed by atoms with van der Waals surface area (Å²) < 4.78 is 32.3. The van der Waals surface area contributed by atoms with Crippen LogP contribution in [0.4, 0.5) is 11.4 Å². The molecule has 3 rings (SSSR count). The SMILES string of the molecule is COc1ccc(S(=O)(=O)N2CCc3ccc([N+](=O)[O-])cc32)cc1C. The molecular formula is C16H16N2O5S. The lowest BCUT2D eigenvalue weighted by Gasteiger charge is -2.20. The summed E-state index contributed by atoms with van der Waals surface area (Å²) in [5.74, 6) is 0.603. The predicted molar refractivity (Wildman–Crippen MR) is 89.1 cm³/mol. The van der Waals surface area contributed by atoms with Crippen molar-refractivity contribution < 1.29 is 18.1 Å². The number of benzene rings is 2. The second kappa shape index (κ2) is 5.79. The molecule has 0 unspecified atom stereocenters. The van der Waals surface area contributed by atoms with Gasteiger partial charge in [-0.05, 0) is 42.7 Å². The molecule has 2 aromatic rings. The van der Waals surface area contributed by atoms with E-state index in [2.05, 4.69) is 0 Å². The Labute approximate surface area is 139 Å². The molecule has 7 nitrogen and oxygen atoms in total. The Morgan fingerprint density at radius 1 is 1.21 bits per heavy atom. The third-order valence-corrected chi connectivity index (χ3v) is 5.90. The van der Waals surface area contributed by atoms with E-state index >= 15 is 0 Å². The van der Waals surface area contributed by atoms with E-state index in [0.29, 0.717) is 23.4 Å². The maximum absolute atomic E-state index is 12.9. The maximum Gasteiger partial charge on any atom is 0.271 e. The van der Waals surface area contributed by atoms with Crippen LogP contribution in [-0.4, -0.2) is 27.0 Å². The summed E-state index contributed by atoms with van der Waals surface area (Å²) in [6, 6.07) is 8.96. The number of sulfonamides is 1. The zero-order valence-electron chi connectivity index (χ0n) is 13.2. The molecule has 0 amide bonds. The van der Waals surface area contributed by atoms with Crippen LogP contribution in [0.2, 0.25) is 0 Å². The lowest BCUT2D eigenvalue weighted by Crippen LogP contribution is -2.29. The summed E-state index contributed by atoms with van der Waals surface area (Å²) in [5, 5.41) is 11.0. The van der Waals surface area contributed by atoms with E-state index in [1.54, 1.807) is 25.1 Å². The normalized spacial score (nSPS) is 13.7. The summed E-state index contributed by atoms with van der Waals surface area (Å²) in [7, 11) is -2.27. The van der Waals surface area contributed by atoms with Crippen LogP contribution >= 0.6 is 0 Å². The van der Waals surface area contributed by atoms with Crippen molar-refractivity contribution in [3.05, 3.63) is 57.6 Å². The fourth-order valence-electron chi connectivity index (χ4n) is 2.84. The molecule has 8 heteroatoms. The number of nitro groups is 1. The van der Waals surface area contributed by atoms with Crippen molar-refractivity contribution in [2.24, 2.45) is 0 Å². The number of ether oxygens (including phenoxy) is 1. The van der Waals surface area contributed by atoms with E-state index < -0.39 is 14.9 Å². The highest BCUT2D eigenvalue weighted by Crippen LogP contribution is 2.36. The number of nitro benzene ring substituents is 1. The summed E-state index contributed by atoms with van der Waals surface area (Å²) in [6.07, 6.45) is 0.529. The molecule has 1 aliphatic heterocycles. The van der Waals surface area contributed by atoms with E-state index in [0.717, 1.165) is 5.56 Å². The molecule has 0 bridgehead atoms. The average molecular weight is 348 g/mol. The van der Waals surface area contributed by atoms with Gasteiger partial charge in [0.1, 0.15) is 5.75 Å². The fourth-order valence-corrected chi connectivity index (χ4v) is 4.42. The topological polar surface area (TPSA) is 89.8 Å². The van der Waals surface area contributed by atoms with E-state index in [9.17, 15) is 18.5 Å². The molecular weight excluding hydrogens is 332 g/mol. The molecule has 0 aliphatic carbocycles. The molecule has 24 heavy (non-hydrogen) atoms. The van der Waals surface area contributed by atoms with Crippen LogP contribution in [0.5, 0.6) is 5.75 Å². The number of hydrogen-bond donors (Lipinski definition) is 0. The van der Waals surface area contributed by atoms with Gasteiger partial charge < -0.3 is 4.74 Å². The van der Waals surface area contributed by atoms with Crippen LogP contribution in [0.3, 0.4) is 0 Å². The van der Waals surface area contributed by atoms with Crippen molar-refractivity contribution >= 4 is 21.4 Å². The Bertz CT molecular complexity index is 924. The largest absolute Gasteiger partial charge is 0.496 e. The summed E-state index contributed by atoms with van der Waals surface area (Å²) in [4.78, 5) is 10.6. The molecule has 2 aromatic carbocycles. The summed E-state index contributed by atoms with van der Waals surface area (Å²) >= 11 is 0. The van der Waals surface area contributed by atoms with Gasteiger partial charge in [-0.2, -0.15) is 0 Å². The summed E-state index contributed by atoms with van der Waals surface area (Å²) in [6.45, 7) is 2.03. The van der Waals surface area contributed by atoms with Gasteiger partial charge in [0.2, 0.25) is 0 Å². The lowest BCUT2D eigenvalue weighted by molar-refractivity contribution is -0.384. The first-order chi connectivity index (χ1) is 11.3. The van der Waals surface area contributed by atoms with Crippen molar-refractivity contribution in [2.75, 3.05) is 18.0 Å². The van der Waals surface area contributed by atoms with Crippen molar-refractivity contribution in [1.29, 1.82) is 0 Å². The Morgan fingerprint density at radius 2 is 1.96 bits per heavy atom. The lowest BCUT2D eigenvalue weighted by atomic mass is 10.1. The smallest absolute Gasteiger partial charge is 0.271 e. The third kappa shape index (κ3) is 2.58. The molecule has 1 heterocycles. The van der Waals surface area contributed by atoms with Gasteiger partial charge in [0.15, 0.2) is 0 Å². The van der Waals surface area contributed by atoms with Gasteiger partial charge in [-0.1, -0.05) is 6.07 Å². The Balaban J connectivity index is 2.06. The zero-order valence-corrected chi connectivity index (χ0v) is 14.0. The van der Waals surface area contributed by atoms with E-state index in [1.807, 2.05) is 0 Å². The van der Waals surface area contributed by atoms with Crippen LogP contribution in [-0.2, 0) is 16.4 Å². The highest BCUT2D eigenvalue weighted by Gasteiger charge is 2.32.